The van der Waals surface area contributed by atoms with Gasteiger partial charge in [0.1, 0.15) is 8.07 Å². The van der Waals surface area contributed by atoms with Crippen LogP contribution in [0, 0.1) is 35.1 Å². The third-order valence-electron chi connectivity index (χ3n) is 5.15. The van der Waals surface area contributed by atoms with Gasteiger partial charge in [-0.05, 0) is 61.6 Å². The van der Waals surface area contributed by atoms with Gasteiger partial charge < -0.3 is 4.43 Å². The van der Waals surface area contributed by atoms with E-state index < -0.39 is 16.4 Å². The second kappa shape index (κ2) is 10.3. The Kier molecular flexibility index (Phi) is 9.03. The van der Waals surface area contributed by atoms with E-state index in [4.69, 9.17) is 4.43 Å². The van der Waals surface area contributed by atoms with Crippen molar-refractivity contribution in [2.75, 3.05) is 6.61 Å². The highest BCUT2D eigenvalue weighted by atomic mass is 28.4. The molecule has 0 spiro atoms. The Labute approximate surface area is 175 Å². The number of rotatable bonds is 4. The lowest BCUT2D eigenvalue weighted by Gasteiger charge is -2.35. The monoisotopic (exact) mass is 412 g/mol. The van der Waals surface area contributed by atoms with Crippen molar-refractivity contribution >= 4 is 22.2 Å². The van der Waals surface area contributed by atoms with Crippen LogP contribution in [-0.4, -0.2) is 28.8 Å². The fourth-order valence-electron chi connectivity index (χ4n) is 2.40. The van der Waals surface area contributed by atoms with Gasteiger partial charge >= 0.3 is 0 Å². The van der Waals surface area contributed by atoms with E-state index in [1.165, 1.54) is 0 Å². The molecule has 0 amide bonds. The molecule has 0 N–H and O–H groups in total. The zero-order valence-electron chi connectivity index (χ0n) is 19.1. The first-order valence-corrected chi connectivity index (χ1v) is 16.7. The molecule has 0 fully saturated rings. The quantitative estimate of drug-likeness (QED) is 0.335. The maximum atomic E-state index is 12.5. The molecule has 1 rings (SSSR count). The largest absolute Gasteiger partial charge is 0.416 e. The smallest absolute Gasteiger partial charge is 0.232 e. The molecular weight excluding hydrogens is 376 g/mol. The van der Waals surface area contributed by atoms with Gasteiger partial charge in [-0.1, -0.05) is 52.3 Å². The lowest BCUT2D eigenvalue weighted by atomic mass is 9.89. The van der Waals surface area contributed by atoms with Crippen molar-refractivity contribution in [3.05, 3.63) is 11.1 Å². The van der Waals surface area contributed by atoms with Gasteiger partial charge in [-0.3, -0.25) is 4.79 Å². The predicted octanol–water partition coefficient (Wildman–Crippen LogP) is 5.73. The van der Waals surface area contributed by atoms with E-state index >= 15 is 0 Å². The van der Waals surface area contributed by atoms with E-state index in [9.17, 15) is 4.79 Å². The average Bonchev–Trinajstić information content (AvgIpc) is 2.57. The van der Waals surface area contributed by atoms with E-state index in [2.05, 4.69) is 88.7 Å². The summed E-state index contributed by atoms with van der Waals surface area (Å²) in [6.45, 7) is 18.3. The Morgan fingerprint density at radius 1 is 1.04 bits per heavy atom. The van der Waals surface area contributed by atoms with Crippen molar-refractivity contribution in [3.8, 4) is 35.1 Å². The van der Waals surface area contributed by atoms with Crippen molar-refractivity contribution in [2.45, 2.75) is 90.6 Å². The molecule has 0 heterocycles. The first kappa shape index (κ1) is 24.5. The maximum Gasteiger partial charge on any atom is 0.232 e. The van der Waals surface area contributed by atoms with Crippen LogP contribution in [0.25, 0.3) is 0 Å². The van der Waals surface area contributed by atoms with Crippen LogP contribution in [0.5, 0.6) is 0 Å². The highest BCUT2D eigenvalue weighted by Crippen LogP contribution is 2.36. The molecule has 0 unspecified atom stereocenters. The third kappa shape index (κ3) is 8.66. The molecule has 1 aliphatic carbocycles. The van der Waals surface area contributed by atoms with Crippen LogP contribution in [0.3, 0.4) is 0 Å². The minimum Gasteiger partial charge on any atom is -0.416 e. The van der Waals surface area contributed by atoms with Gasteiger partial charge in [0.15, 0.2) is 8.32 Å². The molecule has 0 saturated heterocycles. The van der Waals surface area contributed by atoms with Gasteiger partial charge in [-0.25, -0.2) is 0 Å². The Hall–Kier alpha value is -1.52. The molecule has 0 aromatic carbocycles. The van der Waals surface area contributed by atoms with Crippen molar-refractivity contribution in [1.29, 1.82) is 0 Å². The molecule has 0 aliphatic heterocycles. The van der Waals surface area contributed by atoms with Crippen LogP contribution in [0.1, 0.15) is 52.9 Å². The molecule has 28 heavy (non-hydrogen) atoms. The molecule has 1 aliphatic rings. The zero-order valence-corrected chi connectivity index (χ0v) is 21.1. The average molecular weight is 413 g/mol. The van der Waals surface area contributed by atoms with Crippen molar-refractivity contribution in [3.63, 3.8) is 0 Å². The lowest BCUT2D eigenvalue weighted by Crippen LogP contribution is -2.40. The predicted molar refractivity (Wildman–Crippen MR) is 125 cm³/mol. The molecule has 0 bridgehead atoms. The Bertz CT molecular complexity index is 786. The van der Waals surface area contributed by atoms with Crippen molar-refractivity contribution in [1.82, 2.24) is 0 Å². The maximum absolute atomic E-state index is 12.5. The summed E-state index contributed by atoms with van der Waals surface area (Å²) in [5.41, 5.74) is 4.92. The van der Waals surface area contributed by atoms with Crippen LogP contribution in [-0.2, 0) is 9.22 Å². The Balaban J connectivity index is 2.73. The van der Waals surface area contributed by atoms with E-state index in [1.54, 1.807) is 0 Å². The Morgan fingerprint density at radius 3 is 2.29 bits per heavy atom. The topological polar surface area (TPSA) is 26.3 Å². The number of Topliss-reactive ketones (excluding diaryl/α,β-unsaturated/α-hetero) is 1. The highest BCUT2D eigenvalue weighted by Gasteiger charge is 2.36. The molecule has 0 saturated carbocycles. The number of carbonyl (C=O) groups is 1. The third-order valence-corrected chi connectivity index (χ3v) is 10.6. The first-order valence-electron chi connectivity index (χ1n) is 10.3. The Morgan fingerprint density at radius 2 is 1.68 bits per heavy atom. The minimum absolute atomic E-state index is 0.0397. The summed E-state index contributed by atoms with van der Waals surface area (Å²) >= 11 is 0. The number of allylic oxidation sites excluding steroid dienone is 2. The van der Waals surface area contributed by atoms with Gasteiger partial charge in [-0.2, -0.15) is 0 Å². The van der Waals surface area contributed by atoms with Crippen molar-refractivity contribution < 1.29 is 9.22 Å². The highest BCUT2D eigenvalue weighted by molar-refractivity contribution is 6.84. The minimum atomic E-state index is -1.70. The van der Waals surface area contributed by atoms with Crippen LogP contribution < -0.4 is 0 Å². The molecule has 0 aromatic rings. The summed E-state index contributed by atoms with van der Waals surface area (Å²) in [7, 11) is -3.25. The van der Waals surface area contributed by atoms with E-state index in [1.807, 2.05) is 0 Å². The second-order valence-corrected chi connectivity index (χ2v) is 19.5. The number of hydrogen-bond acceptors (Lipinski definition) is 2. The molecule has 0 atom stereocenters. The normalized spacial score (nSPS) is 14.9. The van der Waals surface area contributed by atoms with Crippen molar-refractivity contribution in [2.24, 2.45) is 0 Å². The summed E-state index contributed by atoms with van der Waals surface area (Å²) in [4.78, 5) is 12.5. The van der Waals surface area contributed by atoms with Crippen LogP contribution in [0.4, 0.5) is 0 Å². The number of ketones is 1. The SMILES string of the molecule is CC(C)(C)[Si](C)(C)OCCC#CC#CC1=C(C(=O)C#C[Si](C)(C)C)CCCC1. The summed E-state index contributed by atoms with van der Waals surface area (Å²) in [6, 6.07) is 0. The molecule has 4 heteroatoms. The molecule has 0 radical (unpaired) electrons. The van der Waals surface area contributed by atoms with E-state index in [0.29, 0.717) is 13.0 Å². The molecular formula is C24H36O2Si2. The van der Waals surface area contributed by atoms with E-state index in [0.717, 1.165) is 36.8 Å². The lowest BCUT2D eigenvalue weighted by molar-refractivity contribution is -0.110. The van der Waals surface area contributed by atoms with Crippen LogP contribution >= 0.6 is 0 Å². The van der Waals surface area contributed by atoms with Crippen LogP contribution in [0.15, 0.2) is 11.1 Å². The molecule has 152 valence electrons. The van der Waals surface area contributed by atoms with Gasteiger partial charge in [0, 0.05) is 24.2 Å². The summed E-state index contributed by atoms with van der Waals surface area (Å²) in [5, 5.41) is 0.217. The van der Waals surface area contributed by atoms with Gasteiger partial charge in [-0.15, -0.1) is 5.54 Å². The van der Waals surface area contributed by atoms with Gasteiger partial charge in [0.2, 0.25) is 5.78 Å². The number of carbonyl (C=O) groups excluding carboxylic acids is 1. The number of hydrogen-bond donors (Lipinski definition) is 0. The molecule has 0 aromatic heterocycles. The van der Waals surface area contributed by atoms with E-state index in [-0.39, 0.29) is 10.8 Å². The second-order valence-electron chi connectivity index (χ2n) is 9.90. The fraction of sp³-hybridized carbons (Fsp3) is 0.625. The first-order chi connectivity index (χ1) is 12.8. The van der Waals surface area contributed by atoms with Gasteiger partial charge in [0.25, 0.3) is 0 Å². The van der Waals surface area contributed by atoms with Crippen LogP contribution in [0.2, 0.25) is 37.8 Å². The van der Waals surface area contributed by atoms with Gasteiger partial charge in [0.05, 0.1) is 0 Å². The molecule has 2 nitrogen and oxygen atoms in total. The summed E-state index contributed by atoms with van der Waals surface area (Å²) in [6.07, 6.45) is 4.46. The fourth-order valence-corrected chi connectivity index (χ4v) is 3.93. The zero-order chi connectivity index (χ0) is 21.4. The summed E-state index contributed by atoms with van der Waals surface area (Å²) in [5.74, 6) is 14.9. The summed E-state index contributed by atoms with van der Waals surface area (Å²) < 4.78 is 6.12. The standard InChI is InChI=1S/C24H36O2Si2/c1-24(2,3)28(7,8)26-19-14-10-9-11-15-21-16-12-13-17-22(21)23(25)18-20-27(4,5)6/h12-14,16-17,19H2,1-8H3.